The Morgan fingerprint density at radius 1 is 1.39 bits per heavy atom. The number of nitrogens with one attached hydrogen (secondary N) is 3. The Labute approximate surface area is 141 Å². The molecule has 1 aliphatic rings. The summed E-state index contributed by atoms with van der Waals surface area (Å²) in [6.07, 6.45) is 1.76. The van der Waals surface area contributed by atoms with Gasteiger partial charge in [-0.25, -0.2) is 9.59 Å². The van der Waals surface area contributed by atoms with E-state index in [1.54, 1.807) is 11.9 Å². The number of hydrogen-bond donors (Lipinski definition) is 3. The van der Waals surface area contributed by atoms with Crippen molar-refractivity contribution in [1.82, 2.24) is 20.9 Å². The number of rotatable bonds is 3. The highest BCUT2D eigenvalue weighted by molar-refractivity contribution is 6.31. The van der Waals surface area contributed by atoms with E-state index in [1.165, 1.54) is 0 Å². The van der Waals surface area contributed by atoms with Gasteiger partial charge in [0.15, 0.2) is 0 Å². The van der Waals surface area contributed by atoms with Crippen LogP contribution in [0.2, 0.25) is 5.02 Å². The van der Waals surface area contributed by atoms with Gasteiger partial charge in [0, 0.05) is 37.7 Å². The first-order valence-electron chi connectivity index (χ1n) is 7.75. The van der Waals surface area contributed by atoms with Crippen LogP contribution in [0.1, 0.15) is 24.0 Å². The molecular formula is C16H23ClN4O2. The lowest BCUT2D eigenvalue weighted by molar-refractivity contribution is 0.172. The Balaban J connectivity index is 1.84. The summed E-state index contributed by atoms with van der Waals surface area (Å²) in [5.41, 5.74) is 2.00. The summed E-state index contributed by atoms with van der Waals surface area (Å²) in [4.78, 5) is 25.4. The summed E-state index contributed by atoms with van der Waals surface area (Å²) in [5.74, 6) is 0. The molecule has 1 atom stereocenters. The van der Waals surface area contributed by atoms with E-state index in [1.807, 2.05) is 25.1 Å². The Hall–Kier alpha value is -1.95. The minimum absolute atomic E-state index is 0.00720. The van der Waals surface area contributed by atoms with Gasteiger partial charge in [0.1, 0.15) is 0 Å². The molecule has 4 amide bonds. The molecule has 3 N–H and O–H groups in total. The maximum absolute atomic E-state index is 12.3. The monoisotopic (exact) mass is 338 g/mol. The summed E-state index contributed by atoms with van der Waals surface area (Å²) in [6, 6.07) is 5.38. The van der Waals surface area contributed by atoms with E-state index in [0.717, 1.165) is 29.0 Å². The molecule has 0 aromatic heterocycles. The first kappa shape index (κ1) is 17.4. The van der Waals surface area contributed by atoms with E-state index in [-0.39, 0.29) is 18.1 Å². The average molecular weight is 339 g/mol. The summed E-state index contributed by atoms with van der Waals surface area (Å²) in [5, 5.41) is 9.03. The van der Waals surface area contributed by atoms with Crippen LogP contribution in [0.25, 0.3) is 0 Å². The lowest BCUT2D eigenvalue weighted by Gasteiger charge is -2.33. The lowest BCUT2D eigenvalue weighted by Crippen LogP contribution is -2.53. The van der Waals surface area contributed by atoms with Crippen molar-refractivity contribution in [3.8, 4) is 0 Å². The SMILES string of the molecule is CNC(=O)N[C@@H]1CCCN(C(=O)NCc2ccc(Cl)c(C)c2)C1. The first-order valence-corrected chi connectivity index (χ1v) is 8.13. The van der Waals surface area contributed by atoms with Gasteiger partial charge < -0.3 is 20.9 Å². The number of urea groups is 2. The van der Waals surface area contributed by atoms with Gasteiger partial charge in [-0.2, -0.15) is 0 Å². The largest absolute Gasteiger partial charge is 0.341 e. The van der Waals surface area contributed by atoms with Crippen LogP contribution in [0.15, 0.2) is 18.2 Å². The molecule has 0 saturated carbocycles. The fourth-order valence-corrected chi connectivity index (χ4v) is 2.76. The predicted octanol–water partition coefficient (Wildman–Crippen LogP) is 2.25. The van der Waals surface area contributed by atoms with Gasteiger partial charge in [-0.3, -0.25) is 0 Å². The van der Waals surface area contributed by atoms with Crippen LogP contribution in [0.5, 0.6) is 0 Å². The number of carbonyl (C=O) groups excluding carboxylic acids is 2. The number of likely N-dealkylation sites (tertiary alicyclic amines) is 1. The Bertz CT molecular complexity index is 579. The summed E-state index contributed by atoms with van der Waals surface area (Å²) in [7, 11) is 1.58. The van der Waals surface area contributed by atoms with Crippen molar-refractivity contribution in [2.45, 2.75) is 32.4 Å². The molecule has 6 nitrogen and oxygen atoms in total. The van der Waals surface area contributed by atoms with E-state index in [4.69, 9.17) is 11.6 Å². The third kappa shape index (κ3) is 5.03. The van der Waals surface area contributed by atoms with Crippen molar-refractivity contribution in [2.75, 3.05) is 20.1 Å². The minimum Gasteiger partial charge on any atom is -0.341 e. The highest BCUT2D eigenvalue weighted by Gasteiger charge is 2.24. The van der Waals surface area contributed by atoms with Crippen LogP contribution in [0.3, 0.4) is 0 Å². The molecule has 0 bridgehead atoms. The number of amides is 4. The standard InChI is InChI=1S/C16H23ClN4O2/c1-11-8-12(5-6-14(11)17)9-19-16(23)21-7-3-4-13(10-21)20-15(22)18-2/h5-6,8,13H,3-4,7,9-10H2,1-2H3,(H,19,23)(H2,18,20,22)/t13-/m1/s1. The number of carbonyl (C=O) groups is 2. The molecule has 1 aromatic rings. The van der Waals surface area contributed by atoms with Crippen LogP contribution in [0.4, 0.5) is 9.59 Å². The number of benzene rings is 1. The molecule has 2 rings (SSSR count). The summed E-state index contributed by atoms with van der Waals surface area (Å²) < 4.78 is 0. The number of nitrogens with zero attached hydrogens (tertiary/aromatic N) is 1. The molecule has 1 fully saturated rings. The molecule has 23 heavy (non-hydrogen) atoms. The second-order valence-corrected chi connectivity index (χ2v) is 6.16. The molecule has 1 aliphatic heterocycles. The molecule has 7 heteroatoms. The lowest BCUT2D eigenvalue weighted by atomic mass is 10.1. The van der Waals surface area contributed by atoms with Crippen LogP contribution >= 0.6 is 11.6 Å². The maximum atomic E-state index is 12.3. The van der Waals surface area contributed by atoms with Gasteiger partial charge in [-0.1, -0.05) is 23.7 Å². The fourth-order valence-electron chi connectivity index (χ4n) is 2.64. The third-order valence-electron chi connectivity index (χ3n) is 3.94. The van der Waals surface area contributed by atoms with Gasteiger partial charge in [-0.05, 0) is 37.0 Å². The molecule has 0 aliphatic carbocycles. The van der Waals surface area contributed by atoms with E-state index < -0.39 is 0 Å². The molecule has 1 heterocycles. The maximum Gasteiger partial charge on any atom is 0.317 e. The second-order valence-electron chi connectivity index (χ2n) is 5.75. The van der Waals surface area contributed by atoms with Crippen molar-refractivity contribution in [1.29, 1.82) is 0 Å². The highest BCUT2D eigenvalue weighted by atomic mass is 35.5. The number of piperidine rings is 1. The van der Waals surface area contributed by atoms with Gasteiger partial charge in [0.05, 0.1) is 0 Å². The van der Waals surface area contributed by atoms with Crippen molar-refractivity contribution in [2.24, 2.45) is 0 Å². The van der Waals surface area contributed by atoms with E-state index in [9.17, 15) is 9.59 Å². The van der Waals surface area contributed by atoms with Gasteiger partial charge in [0.25, 0.3) is 0 Å². The minimum atomic E-state index is -0.214. The zero-order valence-electron chi connectivity index (χ0n) is 13.5. The fraction of sp³-hybridized carbons (Fsp3) is 0.500. The molecule has 0 spiro atoms. The topological polar surface area (TPSA) is 73.5 Å². The Morgan fingerprint density at radius 2 is 2.17 bits per heavy atom. The van der Waals surface area contributed by atoms with Crippen molar-refractivity contribution in [3.63, 3.8) is 0 Å². The quantitative estimate of drug-likeness (QED) is 0.791. The zero-order chi connectivity index (χ0) is 16.8. The molecule has 1 saturated heterocycles. The van der Waals surface area contributed by atoms with Gasteiger partial charge in [0.2, 0.25) is 0 Å². The Morgan fingerprint density at radius 3 is 2.87 bits per heavy atom. The van der Waals surface area contributed by atoms with Gasteiger partial charge >= 0.3 is 12.1 Å². The summed E-state index contributed by atoms with van der Waals surface area (Å²) >= 11 is 6.00. The molecule has 0 radical (unpaired) electrons. The molecule has 126 valence electrons. The highest BCUT2D eigenvalue weighted by Crippen LogP contribution is 2.16. The van der Waals surface area contributed by atoms with Crippen molar-refractivity contribution in [3.05, 3.63) is 34.3 Å². The van der Waals surface area contributed by atoms with Crippen molar-refractivity contribution >= 4 is 23.7 Å². The smallest absolute Gasteiger partial charge is 0.317 e. The van der Waals surface area contributed by atoms with E-state index in [2.05, 4.69) is 16.0 Å². The van der Waals surface area contributed by atoms with Crippen LogP contribution in [0, 0.1) is 6.92 Å². The number of hydrogen-bond acceptors (Lipinski definition) is 2. The normalized spacial score (nSPS) is 17.5. The van der Waals surface area contributed by atoms with E-state index in [0.29, 0.717) is 19.6 Å². The molecule has 1 aromatic carbocycles. The van der Waals surface area contributed by atoms with Crippen LogP contribution < -0.4 is 16.0 Å². The third-order valence-corrected chi connectivity index (χ3v) is 4.36. The second kappa shape index (κ2) is 8.06. The van der Waals surface area contributed by atoms with Crippen LogP contribution in [-0.4, -0.2) is 43.1 Å². The average Bonchev–Trinajstić information content (AvgIpc) is 2.55. The molecular weight excluding hydrogens is 316 g/mol. The van der Waals surface area contributed by atoms with Gasteiger partial charge in [-0.15, -0.1) is 0 Å². The molecule has 0 unspecified atom stereocenters. The van der Waals surface area contributed by atoms with E-state index >= 15 is 0 Å². The zero-order valence-corrected chi connectivity index (χ0v) is 14.2. The number of aryl methyl sites for hydroxylation is 1. The predicted molar refractivity (Wildman–Crippen MR) is 90.6 cm³/mol. The Kier molecular flexibility index (Phi) is 6.10. The van der Waals surface area contributed by atoms with Crippen LogP contribution in [-0.2, 0) is 6.54 Å². The number of halogens is 1. The first-order chi connectivity index (χ1) is 11.0. The van der Waals surface area contributed by atoms with Crippen molar-refractivity contribution < 1.29 is 9.59 Å². The summed E-state index contributed by atoms with van der Waals surface area (Å²) in [6.45, 7) is 3.63.